The standard InChI is InChI=1S/C17H17ClO/c1-11-4-6-13(3)14(8-11)10-17(19)15-7-5-12(2)9-16(15)18/h4-9H,10H2,1-3H3. The second-order valence-electron chi connectivity index (χ2n) is 5.01. The van der Waals surface area contributed by atoms with Crippen molar-refractivity contribution in [3.63, 3.8) is 0 Å². The van der Waals surface area contributed by atoms with Crippen LogP contribution >= 0.6 is 11.6 Å². The van der Waals surface area contributed by atoms with Crippen LogP contribution in [0.15, 0.2) is 36.4 Å². The van der Waals surface area contributed by atoms with Crippen LogP contribution in [0.1, 0.15) is 32.6 Å². The predicted molar refractivity (Wildman–Crippen MR) is 80.1 cm³/mol. The lowest BCUT2D eigenvalue weighted by Gasteiger charge is -2.08. The van der Waals surface area contributed by atoms with Crippen molar-refractivity contribution in [1.29, 1.82) is 0 Å². The van der Waals surface area contributed by atoms with Gasteiger partial charge in [-0.3, -0.25) is 4.79 Å². The number of carbonyl (C=O) groups excluding carboxylic acids is 1. The number of Topliss-reactive ketones (excluding diaryl/α,β-unsaturated/α-hetero) is 1. The van der Waals surface area contributed by atoms with E-state index in [1.807, 2.05) is 39.0 Å². The Morgan fingerprint density at radius 1 is 1.00 bits per heavy atom. The van der Waals surface area contributed by atoms with Gasteiger partial charge in [-0.15, -0.1) is 0 Å². The number of ketones is 1. The fourth-order valence-corrected chi connectivity index (χ4v) is 2.45. The Bertz CT molecular complexity index is 629. The molecular formula is C17H17ClO. The van der Waals surface area contributed by atoms with E-state index >= 15 is 0 Å². The average molecular weight is 273 g/mol. The zero-order valence-corrected chi connectivity index (χ0v) is 12.2. The second-order valence-corrected chi connectivity index (χ2v) is 5.42. The third-order valence-corrected chi connectivity index (χ3v) is 3.59. The highest BCUT2D eigenvalue weighted by molar-refractivity contribution is 6.34. The zero-order chi connectivity index (χ0) is 14.0. The quantitative estimate of drug-likeness (QED) is 0.741. The van der Waals surface area contributed by atoms with Crippen LogP contribution in [0.25, 0.3) is 0 Å². The van der Waals surface area contributed by atoms with E-state index in [0.29, 0.717) is 17.0 Å². The summed E-state index contributed by atoms with van der Waals surface area (Å²) in [4.78, 5) is 12.3. The van der Waals surface area contributed by atoms with E-state index < -0.39 is 0 Å². The molecule has 2 aromatic carbocycles. The van der Waals surface area contributed by atoms with E-state index in [1.165, 1.54) is 5.56 Å². The smallest absolute Gasteiger partial charge is 0.168 e. The molecule has 1 nitrogen and oxygen atoms in total. The average Bonchev–Trinajstić information content (AvgIpc) is 2.33. The van der Waals surface area contributed by atoms with Crippen LogP contribution in [0.5, 0.6) is 0 Å². The number of benzene rings is 2. The lowest BCUT2D eigenvalue weighted by Crippen LogP contribution is -2.06. The summed E-state index contributed by atoms with van der Waals surface area (Å²) in [6, 6.07) is 11.7. The maximum Gasteiger partial charge on any atom is 0.168 e. The largest absolute Gasteiger partial charge is 0.294 e. The molecule has 0 saturated heterocycles. The first-order valence-electron chi connectivity index (χ1n) is 6.33. The lowest BCUT2D eigenvalue weighted by atomic mass is 9.97. The molecular weight excluding hydrogens is 256 g/mol. The molecule has 2 aromatic rings. The van der Waals surface area contributed by atoms with E-state index in [1.54, 1.807) is 0 Å². The zero-order valence-electron chi connectivity index (χ0n) is 11.5. The van der Waals surface area contributed by atoms with Gasteiger partial charge in [0.2, 0.25) is 0 Å². The van der Waals surface area contributed by atoms with Crippen LogP contribution in [0, 0.1) is 20.8 Å². The van der Waals surface area contributed by atoms with Crippen LogP contribution in [-0.4, -0.2) is 5.78 Å². The van der Waals surface area contributed by atoms with Crippen LogP contribution in [0.4, 0.5) is 0 Å². The summed E-state index contributed by atoms with van der Waals surface area (Å²) in [7, 11) is 0. The molecule has 0 aliphatic carbocycles. The lowest BCUT2D eigenvalue weighted by molar-refractivity contribution is 0.0993. The fourth-order valence-electron chi connectivity index (χ4n) is 2.11. The van der Waals surface area contributed by atoms with Gasteiger partial charge in [0.15, 0.2) is 5.78 Å². The summed E-state index contributed by atoms with van der Waals surface area (Å²) < 4.78 is 0. The summed E-state index contributed by atoms with van der Waals surface area (Å²) >= 11 is 6.14. The summed E-state index contributed by atoms with van der Waals surface area (Å²) in [5.41, 5.74) is 5.05. The third kappa shape index (κ3) is 3.24. The molecule has 0 N–H and O–H groups in total. The number of rotatable bonds is 3. The summed E-state index contributed by atoms with van der Waals surface area (Å²) in [5, 5.41) is 0.537. The number of halogens is 1. The molecule has 0 aromatic heterocycles. The normalized spacial score (nSPS) is 10.5. The SMILES string of the molecule is Cc1ccc(C(=O)Cc2cc(C)ccc2C)c(Cl)c1. The monoisotopic (exact) mass is 272 g/mol. The number of carbonyl (C=O) groups is 1. The molecule has 2 rings (SSSR count). The Labute approximate surface area is 119 Å². The van der Waals surface area contributed by atoms with Gasteiger partial charge in [0.25, 0.3) is 0 Å². The van der Waals surface area contributed by atoms with Gasteiger partial charge in [0.05, 0.1) is 5.02 Å². The van der Waals surface area contributed by atoms with Crippen LogP contribution in [0.2, 0.25) is 5.02 Å². The Hall–Kier alpha value is -1.60. The molecule has 0 unspecified atom stereocenters. The Morgan fingerprint density at radius 2 is 1.63 bits per heavy atom. The third-order valence-electron chi connectivity index (χ3n) is 3.28. The van der Waals surface area contributed by atoms with Crippen molar-refractivity contribution >= 4 is 17.4 Å². The molecule has 0 fully saturated rings. The molecule has 19 heavy (non-hydrogen) atoms. The molecule has 0 amide bonds. The molecule has 0 saturated carbocycles. The molecule has 98 valence electrons. The summed E-state index contributed by atoms with van der Waals surface area (Å²) in [6.45, 7) is 6.02. The van der Waals surface area contributed by atoms with Crippen LogP contribution in [0.3, 0.4) is 0 Å². The van der Waals surface area contributed by atoms with Crippen molar-refractivity contribution < 1.29 is 4.79 Å². The second kappa shape index (κ2) is 5.58. The van der Waals surface area contributed by atoms with Crippen molar-refractivity contribution in [2.24, 2.45) is 0 Å². The van der Waals surface area contributed by atoms with Gasteiger partial charge in [-0.1, -0.05) is 41.4 Å². The highest BCUT2D eigenvalue weighted by atomic mass is 35.5. The molecule has 0 bridgehead atoms. The Balaban J connectivity index is 2.28. The first kappa shape index (κ1) is 13.8. The molecule has 0 atom stereocenters. The number of aryl methyl sites for hydroxylation is 3. The maximum absolute atomic E-state index is 12.3. The van der Waals surface area contributed by atoms with Crippen LogP contribution in [-0.2, 0) is 6.42 Å². The maximum atomic E-state index is 12.3. The minimum atomic E-state index is 0.0682. The first-order valence-corrected chi connectivity index (χ1v) is 6.70. The Kier molecular flexibility index (Phi) is 4.06. The van der Waals surface area contributed by atoms with Gasteiger partial charge < -0.3 is 0 Å². The molecule has 0 aliphatic heterocycles. The fraction of sp³-hybridized carbons (Fsp3) is 0.235. The van der Waals surface area contributed by atoms with Crippen LogP contribution < -0.4 is 0 Å². The van der Waals surface area contributed by atoms with Crippen molar-refractivity contribution in [2.75, 3.05) is 0 Å². The van der Waals surface area contributed by atoms with Gasteiger partial charge in [0.1, 0.15) is 0 Å². The molecule has 0 aliphatic rings. The highest BCUT2D eigenvalue weighted by Crippen LogP contribution is 2.21. The van der Waals surface area contributed by atoms with E-state index in [4.69, 9.17) is 11.6 Å². The van der Waals surface area contributed by atoms with Gasteiger partial charge in [0, 0.05) is 12.0 Å². The molecule has 0 radical (unpaired) electrons. The number of hydrogen-bond donors (Lipinski definition) is 0. The summed E-state index contributed by atoms with van der Waals surface area (Å²) in [5.74, 6) is 0.0682. The Morgan fingerprint density at radius 3 is 2.32 bits per heavy atom. The molecule has 2 heteroatoms. The topological polar surface area (TPSA) is 17.1 Å². The number of hydrogen-bond acceptors (Lipinski definition) is 1. The van der Waals surface area contributed by atoms with Crippen molar-refractivity contribution in [2.45, 2.75) is 27.2 Å². The predicted octanol–water partition coefficient (Wildman–Crippen LogP) is 4.69. The minimum absolute atomic E-state index is 0.0682. The van der Waals surface area contributed by atoms with Crippen molar-refractivity contribution in [3.05, 3.63) is 69.2 Å². The highest BCUT2D eigenvalue weighted by Gasteiger charge is 2.12. The summed E-state index contributed by atoms with van der Waals surface area (Å²) in [6.07, 6.45) is 0.399. The van der Waals surface area contributed by atoms with Gasteiger partial charge in [-0.2, -0.15) is 0 Å². The van der Waals surface area contributed by atoms with Gasteiger partial charge >= 0.3 is 0 Å². The van der Waals surface area contributed by atoms with E-state index in [0.717, 1.165) is 16.7 Å². The van der Waals surface area contributed by atoms with Crippen molar-refractivity contribution in [3.8, 4) is 0 Å². The van der Waals surface area contributed by atoms with E-state index in [9.17, 15) is 4.79 Å². The first-order chi connectivity index (χ1) is 8.97. The minimum Gasteiger partial charge on any atom is -0.294 e. The van der Waals surface area contributed by atoms with Gasteiger partial charge in [-0.05, 0) is 49.6 Å². The van der Waals surface area contributed by atoms with Crippen molar-refractivity contribution in [1.82, 2.24) is 0 Å². The van der Waals surface area contributed by atoms with E-state index in [2.05, 4.69) is 18.2 Å². The van der Waals surface area contributed by atoms with E-state index in [-0.39, 0.29) is 5.78 Å². The molecule has 0 spiro atoms. The van der Waals surface area contributed by atoms with Gasteiger partial charge in [-0.25, -0.2) is 0 Å². The molecule has 0 heterocycles.